The minimum absolute atomic E-state index is 0.0110. The van der Waals surface area contributed by atoms with Crippen LogP contribution in [0.3, 0.4) is 0 Å². The van der Waals surface area contributed by atoms with Crippen molar-refractivity contribution in [1.29, 1.82) is 0 Å². The summed E-state index contributed by atoms with van der Waals surface area (Å²) in [6, 6.07) is 16.1. The molecule has 1 saturated heterocycles. The molecule has 30 heavy (non-hydrogen) atoms. The average Bonchev–Trinajstić information content (AvgIpc) is 3.27. The summed E-state index contributed by atoms with van der Waals surface area (Å²) in [6.45, 7) is 2.12. The molecule has 7 heteroatoms. The van der Waals surface area contributed by atoms with Gasteiger partial charge in [0.2, 0.25) is 5.91 Å². The zero-order valence-electron chi connectivity index (χ0n) is 16.6. The number of benzene rings is 2. The van der Waals surface area contributed by atoms with Crippen LogP contribution in [0.5, 0.6) is 0 Å². The van der Waals surface area contributed by atoms with Gasteiger partial charge in [0, 0.05) is 13.0 Å². The Morgan fingerprint density at radius 1 is 1.00 bits per heavy atom. The maximum absolute atomic E-state index is 12.5. The fourth-order valence-corrected chi connectivity index (χ4v) is 3.97. The molecule has 0 aliphatic carbocycles. The molecule has 2 aromatic carbocycles. The molecule has 0 saturated carbocycles. The monoisotopic (exact) mass is 406 g/mol. The van der Waals surface area contributed by atoms with Crippen molar-refractivity contribution in [3.8, 4) is 0 Å². The van der Waals surface area contributed by atoms with E-state index in [4.69, 9.17) is 4.74 Å². The number of fused-ring (bicyclic) bond motifs is 1. The van der Waals surface area contributed by atoms with Gasteiger partial charge in [0.25, 0.3) is 11.8 Å². The largest absolute Gasteiger partial charge is 0.464 e. The number of ether oxygens (including phenoxy) is 1. The van der Waals surface area contributed by atoms with Crippen molar-refractivity contribution in [1.82, 2.24) is 9.80 Å². The number of hydrogen-bond donors (Lipinski definition) is 0. The standard InChI is InChI=1S/C23H22N2O5/c1-15(16-7-3-2-4-8-16)25-14-17(13-20(25)26)23(29)30-12-11-24-21(27)18-9-5-6-10-19(18)22(24)28/h2-10,15,17H,11-14H2,1H3/t15-,17+/m0/s1. The van der Waals surface area contributed by atoms with E-state index in [1.54, 1.807) is 29.2 Å². The van der Waals surface area contributed by atoms with Gasteiger partial charge in [-0.15, -0.1) is 0 Å². The number of nitrogens with zero attached hydrogens (tertiary/aromatic N) is 2. The average molecular weight is 406 g/mol. The summed E-state index contributed by atoms with van der Waals surface area (Å²) in [5.41, 5.74) is 1.73. The molecule has 154 valence electrons. The molecule has 0 bridgehead atoms. The molecule has 2 aliphatic heterocycles. The molecule has 2 aliphatic rings. The van der Waals surface area contributed by atoms with Crippen molar-refractivity contribution >= 4 is 23.7 Å². The highest BCUT2D eigenvalue weighted by Gasteiger charge is 2.39. The molecule has 3 amide bonds. The van der Waals surface area contributed by atoms with Crippen LogP contribution in [0.15, 0.2) is 54.6 Å². The predicted molar refractivity (Wildman–Crippen MR) is 107 cm³/mol. The van der Waals surface area contributed by atoms with Crippen LogP contribution in [-0.2, 0) is 14.3 Å². The third kappa shape index (κ3) is 3.58. The SMILES string of the molecule is C[C@@H](c1ccccc1)N1C[C@H](C(=O)OCCN2C(=O)c3ccccc3C2=O)CC1=O. The van der Waals surface area contributed by atoms with E-state index in [0.717, 1.165) is 10.5 Å². The fourth-order valence-electron chi connectivity index (χ4n) is 3.97. The summed E-state index contributed by atoms with van der Waals surface area (Å²) in [7, 11) is 0. The number of amides is 3. The topological polar surface area (TPSA) is 84.0 Å². The molecule has 2 atom stereocenters. The Balaban J connectivity index is 1.31. The Morgan fingerprint density at radius 3 is 2.23 bits per heavy atom. The van der Waals surface area contributed by atoms with Gasteiger partial charge < -0.3 is 9.64 Å². The summed E-state index contributed by atoms with van der Waals surface area (Å²) in [6.07, 6.45) is 0.100. The number of hydrogen-bond acceptors (Lipinski definition) is 5. The molecule has 4 rings (SSSR count). The van der Waals surface area contributed by atoms with Gasteiger partial charge in [-0.3, -0.25) is 24.1 Å². The molecular weight excluding hydrogens is 384 g/mol. The minimum Gasteiger partial charge on any atom is -0.464 e. The Kier molecular flexibility index (Phi) is 5.35. The number of carbonyl (C=O) groups is 4. The van der Waals surface area contributed by atoms with Gasteiger partial charge in [0.15, 0.2) is 0 Å². The molecule has 0 spiro atoms. The molecule has 0 radical (unpaired) electrons. The summed E-state index contributed by atoms with van der Waals surface area (Å²) in [4.78, 5) is 52.3. The Morgan fingerprint density at radius 2 is 1.60 bits per heavy atom. The van der Waals surface area contributed by atoms with Crippen LogP contribution in [0.1, 0.15) is 45.7 Å². The number of esters is 1. The van der Waals surface area contributed by atoms with Crippen LogP contribution >= 0.6 is 0 Å². The van der Waals surface area contributed by atoms with Crippen molar-refractivity contribution in [2.24, 2.45) is 5.92 Å². The van der Waals surface area contributed by atoms with Gasteiger partial charge in [-0.1, -0.05) is 42.5 Å². The number of rotatable bonds is 6. The van der Waals surface area contributed by atoms with Crippen molar-refractivity contribution in [2.45, 2.75) is 19.4 Å². The van der Waals surface area contributed by atoms with Gasteiger partial charge >= 0.3 is 5.97 Å². The van der Waals surface area contributed by atoms with E-state index in [2.05, 4.69) is 0 Å². The molecule has 7 nitrogen and oxygen atoms in total. The van der Waals surface area contributed by atoms with Crippen molar-refractivity contribution < 1.29 is 23.9 Å². The lowest BCUT2D eigenvalue weighted by Gasteiger charge is -2.25. The first-order valence-electron chi connectivity index (χ1n) is 9.93. The zero-order valence-corrected chi connectivity index (χ0v) is 16.6. The molecule has 2 heterocycles. The van der Waals surface area contributed by atoms with Gasteiger partial charge in [0.1, 0.15) is 6.61 Å². The lowest BCUT2D eigenvalue weighted by atomic mass is 10.1. The number of likely N-dealkylation sites (tertiary alicyclic amines) is 1. The minimum atomic E-state index is -0.550. The first-order valence-corrected chi connectivity index (χ1v) is 9.93. The highest BCUT2D eigenvalue weighted by atomic mass is 16.5. The van der Waals surface area contributed by atoms with Crippen LogP contribution in [0.25, 0.3) is 0 Å². The first kappa shape index (κ1) is 19.8. The van der Waals surface area contributed by atoms with Crippen molar-refractivity contribution in [3.05, 3.63) is 71.3 Å². The second kappa shape index (κ2) is 8.10. The summed E-state index contributed by atoms with van der Waals surface area (Å²) in [5, 5.41) is 0. The highest BCUT2D eigenvalue weighted by Crippen LogP contribution is 2.29. The van der Waals surface area contributed by atoms with Gasteiger partial charge in [0.05, 0.1) is 29.6 Å². The molecular formula is C23H22N2O5. The van der Waals surface area contributed by atoms with E-state index in [1.807, 2.05) is 37.3 Å². The number of imide groups is 1. The third-order valence-corrected chi connectivity index (χ3v) is 5.68. The first-order chi connectivity index (χ1) is 14.5. The van der Waals surface area contributed by atoms with E-state index < -0.39 is 11.9 Å². The van der Waals surface area contributed by atoms with Crippen molar-refractivity contribution in [3.63, 3.8) is 0 Å². The molecule has 1 fully saturated rings. The molecule has 0 aromatic heterocycles. The van der Waals surface area contributed by atoms with Crippen LogP contribution < -0.4 is 0 Å². The Labute approximate surface area is 174 Å². The van der Waals surface area contributed by atoms with Gasteiger partial charge in [-0.25, -0.2) is 0 Å². The van der Waals surface area contributed by atoms with Crippen molar-refractivity contribution in [2.75, 3.05) is 19.7 Å². The Hall–Kier alpha value is -3.48. The van der Waals surface area contributed by atoms with E-state index in [1.165, 1.54) is 0 Å². The van der Waals surface area contributed by atoms with Crippen LogP contribution in [0, 0.1) is 5.92 Å². The molecule has 0 N–H and O–H groups in total. The normalized spacial score (nSPS) is 19.2. The zero-order chi connectivity index (χ0) is 21.3. The molecule has 2 aromatic rings. The van der Waals surface area contributed by atoms with Gasteiger partial charge in [-0.2, -0.15) is 0 Å². The van der Waals surface area contributed by atoms with Crippen LogP contribution in [0.2, 0.25) is 0 Å². The third-order valence-electron chi connectivity index (χ3n) is 5.68. The quantitative estimate of drug-likeness (QED) is 0.543. The summed E-state index contributed by atoms with van der Waals surface area (Å²) < 4.78 is 5.30. The smallest absolute Gasteiger partial charge is 0.311 e. The predicted octanol–water partition coefficient (Wildman–Crippen LogP) is 2.44. The summed E-state index contributed by atoms with van der Waals surface area (Å²) >= 11 is 0. The Bertz CT molecular complexity index is 969. The van der Waals surface area contributed by atoms with E-state index in [-0.39, 0.29) is 43.3 Å². The van der Waals surface area contributed by atoms with Crippen LogP contribution in [0.4, 0.5) is 0 Å². The second-order valence-electron chi connectivity index (χ2n) is 7.51. The van der Waals surface area contributed by atoms with E-state index >= 15 is 0 Å². The van der Waals surface area contributed by atoms with E-state index in [9.17, 15) is 19.2 Å². The van der Waals surface area contributed by atoms with Gasteiger partial charge in [-0.05, 0) is 24.6 Å². The lowest BCUT2D eigenvalue weighted by Crippen LogP contribution is -2.34. The lowest BCUT2D eigenvalue weighted by molar-refractivity contribution is -0.148. The fraction of sp³-hybridized carbons (Fsp3) is 0.304. The second-order valence-corrected chi connectivity index (χ2v) is 7.51. The summed E-state index contributed by atoms with van der Waals surface area (Å²) in [5.74, 6) is -1.89. The molecule has 0 unspecified atom stereocenters. The highest BCUT2D eigenvalue weighted by molar-refractivity contribution is 6.21. The maximum Gasteiger partial charge on any atom is 0.311 e. The van der Waals surface area contributed by atoms with Crippen LogP contribution in [-0.4, -0.2) is 53.2 Å². The van der Waals surface area contributed by atoms with E-state index in [0.29, 0.717) is 17.7 Å². The maximum atomic E-state index is 12.5. The number of carbonyl (C=O) groups excluding carboxylic acids is 4.